The molecule has 31 heavy (non-hydrogen) atoms. The average Bonchev–Trinajstić information content (AvgIpc) is 3.21. The largest absolute Gasteiger partial charge is 0.456 e. The summed E-state index contributed by atoms with van der Waals surface area (Å²) < 4.78 is 7.11. The Morgan fingerprint density at radius 3 is 2.23 bits per heavy atom. The number of Topliss-reactive ketones (excluding diaryl/α,β-unsaturated/α-hetero) is 1. The lowest BCUT2D eigenvalue weighted by Crippen LogP contribution is -2.37. The quantitative estimate of drug-likeness (QED) is 0.406. The first kappa shape index (κ1) is 21.0. The minimum atomic E-state index is -0.745. The summed E-state index contributed by atoms with van der Waals surface area (Å²) in [5, 5.41) is 0. The molecular formula is C24H26N2O5. The summed E-state index contributed by atoms with van der Waals surface area (Å²) >= 11 is 0. The minimum absolute atomic E-state index is 0.288. The fraction of sp³-hybridized carbons (Fsp3) is 0.417. The number of carbonyl (C=O) groups is 4. The number of aromatic nitrogens is 1. The maximum Gasteiger partial charge on any atom is 0.326 e. The molecular weight excluding hydrogens is 396 g/mol. The van der Waals surface area contributed by atoms with Crippen molar-refractivity contribution in [2.24, 2.45) is 11.8 Å². The number of esters is 1. The first-order valence-corrected chi connectivity index (χ1v) is 10.7. The summed E-state index contributed by atoms with van der Waals surface area (Å²) in [4.78, 5) is 51.0. The minimum Gasteiger partial charge on any atom is -0.456 e. The van der Waals surface area contributed by atoms with E-state index in [-0.39, 0.29) is 29.4 Å². The smallest absolute Gasteiger partial charge is 0.326 e. The Balaban J connectivity index is 1.39. The first-order chi connectivity index (χ1) is 14.9. The molecule has 0 spiro atoms. The number of aryl methyl sites for hydroxylation is 1. The summed E-state index contributed by atoms with van der Waals surface area (Å²) in [5.41, 5.74) is 3.09. The van der Waals surface area contributed by atoms with Crippen LogP contribution in [0.15, 0.2) is 36.4 Å². The van der Waals surface area contributed by atoms with Crippen LogP contribution in [-0.4, -0.2) is 46.2 Å². The molecule has 2 heterocycles. The molecule has 2 fully saturated rings. The van der Waals surface area contributed by atoms with Crippen LogP contribution in [0.5, 0.6) is 0 Å². The summed E-state index contributed by atoms with van der Waals surface area (Å²) in [6.07, 6.45) is 3.23. The van der Waals surface area contributed by atoms with Gasteiger partial charge < -0.3 is 9.30 Å². The van der Waals surface area contributed by atoms with Gasteiger partial charge in [0.15, 0.2) is 6.61 Å². The van der Waals surface area contributed by atoms with E-state index in [1.807, 2.05) is 48.7 Å². The second kappa shape index (κ2) is 8.49. The molecule has 1 aromatic heterocycles. The third kappa shape index (κ3) is 3.92. The number of rotatable bonds is 6. The van der Waals surface area contributed by atoms with E-state index >= 15 is 0 Å². The number of fused-ring (bicyclic) bond motifs is 1. The number of ketones is 1. The van der Waals surface area contributed by atoms with E-state index in [1.165, 1.54) is 0 Å². The van der Waals surface area contributed by atoms with Crippen molar-refractivity contribution in [3.63, 3.8) is 0 Å². The van der Waals surface area contributed by atoms with Gasteiger partial charge in [0.1, 0.15) is 6.54 Å². The lowest BCUT2D eigenvalue weighted by atomic mass is 9.81. The maximum absolute atomic E-state index is 12.7. The van der Waals surface area contributed by atoms with Gasteiger partial charge >= 0.3 is 5.97 Å². The van der Waals surface area contributed by atoms with Crippen LogP contribution in [-0.2, 0) is 19.1 Å². The Morgan fingerprint density at radius 2 is 1.61 bits per heavy atom. The van der Waals surface area contributed by atoms with Crippen molar-refractivity contribution in [1.29, 1.82) is 0 Å². The topological polar surface area (TPSA) is 85.7 Å². The number of benzene rings is 1. The van der Waals surface area contributed by atoms with Gasteiger partial charge in [-0.05, 0) is 44.9 Å². The summed E-state index contributed by atoms with van der Waals surface area (Å²) in [5.74, 6) is -2.26. The lowest BCUT2D eigenvalue weighted by molar-refractivity contribution is -0.152. The zero-order valence-electron chi connectivity index (χ0n) is 17.8. The molecule has 2 aliphatic rings. The van der Waals surface area contributed by atoms with Crippen LogP contribution in [0.4, 0.5) is 0 Å². The van der Waals surface area contributed by atoms with E-state index in [1.54, 1.807) is 6.07 Å². The van der Waals surface area contributed by atoms with Gasteiger partial charge in [0, 0.05) is 22.6 Å². The molecule has 1 saturated heterocycles. The van der Waals surface area contributed by atoms with E-state index < -0.39 is 19.1 Å². The van der Waals surface area contributed by atoms with Gasteiger partial charge in [-0.1, -0.05) is 31.0 Å². The Kier molecular flexibility index (Phi) is 5.76. The second-order valence-corrected chi connectivity index (χ2v) is 8.30. The van der Waals surface area contributed by atoms with Crippen molar-refractivity contribution in [1.82, 2.24) is 9.47 Å². The number of hydrogen-bond acceptors (Lipinski definition) is 5. The standard InChI is InChI=1S/C24H26N2O5/c1-15-12-20(16(2)26(15)17-8-4-3-5-9-17)21(27)14-31-22(28)13-25-23(29)18-10-6-7-11-19(18)24(25)30/h3-5,8-9,12,18-19H,6-7,10-11,13-14H2,1-2H3/t18-,19-/m0/s1. The molecule has 1 aliphatic carbocycles. The molecule has 7 nitrogen and oxygen atoms in total. The van der Waals surface area contributed by atoms with Crippen LogP contribution >= 0.6 is 0 Å². The van der Waals surface area contributed by atoms with Gasteiger partial charge in [-0.3, -0.25) is 24.1 Å². The average molecular weight is 422 g/mol. The fourth-order valence-electron chi connectivity index (χ4n) is 4.80. The fourth-order valence-corrected chi connectivity index (χ4v) is 4.80. The molecule has 2 aromatic rings. The number of imide groups is 1. The van der Waals surface area contributed by atoms with Crippen molar-refractivity contribution in [2.75, 3.05) is 13.2 Å². The highest BCUT2D eigenvalue weighted by Crippen LogP contribution is 2.37. The van der Waals surface area contributed by atoms with E-state index in [2.05, 4.69) is 0 Å². The molecule has 4 rings (SSSR count). The van der Waals surface area contributed by atoms with Gasteiger partial charge in [-0.2, -0.15) is 0 Å². The summed E-state index contributed by atoms with van der Waals surface area (Å²) in [7, 11) is 0. The van der Waals surface area contributed by atoms with Gasteiger partial charge in [-0.25, -0.2) is 0 Å². The van der Waals surface area contributed by atoms with Crippen LogP contribution in [0.3, 0.4) is 0 Å². The molecule has 1 aliphatic heterocycles. The van der Waals surface area contributed by atoms with Gasteiger partial charge in [0.25, 0.3) is 0 Å². The Hall–Kier alpha value is -3.22. The molecule has 2 amide bonds. The Bertz CT molecular complexity index is 1020. The first-order valence-electron chi connectivity index (χ1n) is 10.7. The summed E-state index contributed by atoms with van der Waals surface area (Å²) in [6.45, 7) is 2.90. The number of carbonyl (C=O) groups excluding carboxylic acids is 4. The SMILES string of the molecule is Cc1cc(C(=O)COC(=O)CN2C(=O)[C@H]3CCCC[C@@H]3C2=O)c(C)n1-c1ccccc1. The monoisotopic (exact) mass is 422 g/mol. The van der Waals surface area contributed by atoms with Crippen molar-refractivity contribution in [3.05, 3.63) is 53.3 Å². The molecule has 0 N–H and O–H groups in total. The Labute approximate surface area is 181 Å². The number of amides is 2. The Morgan fingerprint density at radius 1 is 1.00 bits per heavy atom. The van der Waals surface area contributed by atoms with Crippen LogP contribution in [0, 0.1) is 25.7 Å². The molecule has 1 saturated carbocycles. The highest BCUT2D eigenvalue weighted by molar-refractivity contribution is 6.07. The van der Waals surface area contributed by atoms with Crippen molar-refractivity contribution >= 4 is 23.6 Å². The van der Waals surface area contributed by atoms with E-state index in [4.69, 9.17) is 4.74 Å². The van der Waals surface area contributed by atoms with Gasteiger partial charge in [0.05, 0.1) is 11.8 Å². The van der Waals surface area contributed by atoms with E-state index in [0.717, 1.165) is 34.8 Å². The number of nitrogens with zero attached hydrogens (tertiary/aromatic N) is 2. The van der Waals surface area contributed by atoms with Gasteiger partial charge in [0.2, 0.25) is 17.6 Å². The van der Waals surface area contributed by atoms with E-state index in [9.17, 15) is 19.2 Å². The lowest BCUT2D eigenvalue weighted by Gasteiger charge is -2.19. The molecule has 162 valence electrons. The molecule has 2 atom stereocenters. The number of ether oxygens (including phenoxy) is 1. The zero-order chi connectivity index (χ0) is 22.1. The van der Waals surface area contributed by atoms with Crippen molar-refractivity contribution in [3.8, 4) is 5.69 Å². The second-order valence-electron chi connectivity index (χ2n) is 8.30. The predicted octanol–water partition coefficient (Wildman–Crippen LogP) is 3.00. The number of likely N-dealkylation sites (tertiary alicyclic amines) is 1. The highest BCUT2D eigenvalue weighted by Gasteiger charge is 2.48. The predicted molar refractivity (Wildman–Crippen MR) is 113 cm³/mol. The van der Waals surface area contributed by atoms with Gasteiger partial charge in [-0.15, -0.1) is 0 Å². The van der Waals surface area contributed by atoms with E-state index in [0.29, 0.717) is 18.4 Å². The maximum atomic E-state index is 12.7. The number of para-hydroxylation sites is 1. The number of hydrogen-bond donors (Lipinski definition) is 0. The van der Waals surface area contributed by atoms with Crippen LogP contribution in [0.25, 0.3) is 5.69 Å². The van der Waals surface area contributed by atoms with Crippen LogP contribution < -0.4 is 0 Å². The van der Waals surface area contributed by atoms with Crippen molar-refractivity contribution < 1.29 is 23.9 Å². The normalized spacial score (nSPS) is 20.6. The third-order valence-corrected chi connectivity index (χ3v) is 6.33. The van der Waals surface area contributed by atoms with Crippen LogP contribution in [0.1, 0.15) is 47.4 Å². The molecule has 0 bridgehead atoms. The highest BCUT2D eigenvalue weighted by atomic mass is 16.5. The zero-order valence-corrected chi connectivity index (χ0v) is 17.8. The summed E-state index contributed by atoms with van der Waals surface area (Å²) in [6, 6.07) is 11.5. The molecule has 7 heteroatoms. The van der Waals surface area contributed by atoms with Crippen molar-refractivity contribution in [2.45, 2.75) is 39.5 Å². The molecule has 0 radical (unpaired) electrons. The third-order valence-electron chi connectivity index (χ3n) is 6.33. The molecule has 1 aromatic carbocycles. The van der Waals surface area contributed by atoms with Crippen LogP contribution in [0.2, 0.25) is 0 Å². The molecule has 0 unspecified atom stereocenters.